The normalized spacial score (nSPS) is 10.1. The Morgan fingerprint density at radius 3 is 2.64 bits per heavy atom. The predicted octanol–water partition coefficient (Wildman–Crippen LogP) is 2.76. The lowest BCUT2D eigenvalue weighted by molar-refractivity contribution is 0.477. The van der Waals surface area contributed by atoms with Crippen molar-refractivity contribution in [3.63, 3.8) is 0 Å². The van der Waals surface area contributed by atoms with E-state index in [0.29, 0.717) is 0 Å². The lowest BCUT2D eigenvalue weighted by atomic mass is 10.1. The second-order valence-electron chi connectivity index (χ2n) is 3.24. The van der Waals surface area contributed by atoms with Crippen molar-refractivity contribution in [1.82, 2.24) is 4.98 Å². The average Bonchev–Trinajstić information content (AvgIpc) is 2.18. The quantitative estimate of drug-likeness (QED) is 0.741. The molecule has 0 saturated carbocycles. The molecule has 2 aromatic rings. The summed E-state index contributed by atoms with van der Waals surface area (Å²) in [5, 5.41) is 9.61. The zero-order valence-electron chi connectivity index (χ0n) is 7.94. The molecular weight excluding hydrogens is 174 g/mol. The van der Waals surface area contributed by atoms with Gasteiger partial charge in [-0.1, -0.05) is 12.1 Å². The van der Waals surface area contributed by atoms with E-state index in [9.17, 15) is 5.11 Å². The molecular formula is C12H11NO. The minimum atomic E-state index is 0.269. The van der Waals surface area contributed by atoms with E-state index in [1.165, 1.54) is 0 Å². The number of para-hydroxylation sites is 1. The van der Waals surface area contributed by atoms with Crippen LogP contribution in [0.15, 0.2) is 42.6 Å². The Kier molecular flexibility index (Phi) is 2.19. The van der Waals surface area contributed by atoms with E-state index in [1.54, 1.807) is 18.3 Å². The van der Waals surface area contributed by atoms with Gasteiger partial charge in [-0.25, -0.2) is 0 Å². The number of hydrogen-bond acceptors (Lipinski definition) is 2. The van der Waals surface area contributed by atoms with Gasteiger partial charge in [0.1, 0.15) is 5.75 Å². The van der Waals surface area contributed by atoms with Gasteiger partial charge in [0.25, 0.3) is 0 Å². The van der Waals surface area contributed by atoms with E-state index in [2.05, 4.69) is 4.98 Å². The Hall–Kier alpha value is -1.83. The third-order valence-electron chi connectivity index (χ3n) is 2.10. The van der Waals surface area contributed by atoms with Crippen LogP contribution in [0.3, 0.4) is 0 Å². The van der Waals surface area contributed by atoms with E-state index >= 15 is 0 Å². The van der Waals surface area contributed by atoms with Gasteiger partial charge in [0.05, 0.1) is 5.69 Å². The van der Waals surface area contributed by atoms with E-state index in [1.807, 2.05) is 31.2 Å². The Morgan fingerprint density at radius 2 is 1.93 bits per heavy atom. The topological polar surface area (TPSA) is 33.1 Å². The minimum Gasteiger partial charge on any atom is -0.507 e. The fourth-order valence-corrected chi connectivity index (χ4v) is 1.37. The second kappa shape index (κ2) is 3.50. The van der Waals surface area contributed by atoms with Crippen LogP contribution < -0.4 is 0 Å². The highest BCUT2D eigenvalue weighted by Gasteiger charge is 2.03. The number of nitrogens with zero attached hydrogens (tertiary/aromatic N) is 1. The molecule has 0 saturated heterocycles. The number of aromatic nitrogens is 1. The summed E-state index contributed by atoms with van der Waals surface area (Å²) in [5.74, 6) is 0.269. The summed E-state index contributed by atoms with van der Waals surface area (Å²) in [6.45, 7) is 2.01. The number of benzene rings is 1. The highest BCUT2D eigenvalue weighted by Crippen LogP contribution is 2.26. The Bertz CT molecular complexity index is 452. The van der Waals surface area contributed by atoms with Crippen molar-refractivity contribution in [2.24, 2.45) is 0 Å². The van der Waals surface area contributed by atoms with Crippen molar-refractivity contribution < 1.29 is 5.11 Å². The fraction of sp³-hybridized carbons (Fsp3) is 0.0833. The molecule has 0 amide bonds. The van der Waals surface area contributed by atoms with E-state index in [-0.39, 0.29) is 5.75 Å². The van der Waals surface area contributed by atoms with Crippen molar-refractivity contribution in [3.8, 4) is 17.0 Å². The monoisotopic (exact) mass is 185 g/mol. The standard InChI is InChI=1S/C12H11NO/c1-9-6-7-13-11(8-9)10-4-2-3-5-12(10)14/h2-8,14H,1H3. The maximum absolute atomic E-state index is 9.61. The van der Waals surface area contributed by atoms with Gasteiger partial charge < -0.3 is 5.11 Å². The van der Waals surface area contributed by atoms with E-state index in [4.69, 9.17) is 0 Å². The maximum atomic E-state index is 9.61. The Labute approximate surface area is 82.9 Å². The van der Waals surface area contributed by atoms with Gasteiger partial charge in [-0.15, -0.1) is 0 Å². The molecule has 0 fully saturated rings. The smallest absolute Gasteiger partial charge is 0.124 e. The molecule has 0 atom stereocenters. The number of aromatic hydroxyl groups is 1. The molecule has 1 aromatic carbocycles. The molecule has 1 heterocycles. The molecule has 2 heteroatoms. The summed E-state index contributed by atoms with van der Waals surface area (Å²) >= 11 is 0. The Balaban J connectivity index is 2.55. The first-order valence-electron chi connectivity index (χ1n) is 4.48. The molecule has 14 heavy (non-hydrogen) atoms. The summed E-state index contributed by atoms with van der Waals surface area (Å²) in [6, 6.07) is 11.1. The number of pyridine rings is 1. The lowest BCUT2D eigenvalue weighted by Gasteiger charge is -2.03. The van der Waals surface area contributed by atoms with Gasteiger partial charge in [-0.2, -0.15) is 0 Å². The maximum Gasteiger partial charge on any atom is 0.124 e. The van der Waals surface area contributed by atoms with Crippen molar-refractivity contribution in [3.05, 3.63) is 48.2 Å². The molecule has 1 N–H and O–H groups in total. The first-order chi connectivity index (χ1) is 6.77. The zero-order chi connectivity index (χ0) is 9.97. The van der Waals surface area contributed by atoms with Crippen molar-refractivity contribution in [1.29, 1.82) is 0 Å². The molecule has 0 aliphatic carbocycles. The van der Waals surface area contributed by atoms with Crippen molar-refractivity contribution in [2.75, 3.05) is 0 Å². The molecule has 2 rings (SSSR count). The molecule has 0 spiro atoms. The van der Waals surface area contributed by atoms with Gasteiger partial charge in [0.2, 0.25) is 0 Å². The minimum absolute atomic E-state index is 0.269. The van der Waals surface area contributed by atoms with Gasteiger partial charge in [-0.05, 0) is 36.8 Å². The molecule has 0 bridgehead atoms. The van der Waals surface area contributed by atoms with Crippen LogP contribution >= 0.6 is 0 Å². The zero-order valence-corrected chi connectivity index (χ0v) is 7.94. The number of hydrogen-bond donors (Lipinski definition) is 1. The molecule has 0 aliphatic rings. The van der Waals surface area contributed by atoms with Crippen LogP contribution in [-0.4, -0.2) is 10.1 Å². The largest absolute Gasteiger partial charge is 0.507 e. The summed E-state index contributed by atoms with van der Waals surface area (Å²) in [5.41, 5.74) is 2.72. The molecule has 0 radical (unpaired) electrons. The fourth-order valence-electron chi connectivity index (χ4n) is 1.37. The summed E-state index contributed by atoms with van der Waals surface area (Å²) in [4.78, 5) is 4.21. The van der Waals surface area contributed by atoms with Gasteiger partial charge in [-0.3, -0.25) is 4.98 Å². The SMILES string of the molecule is Cc1ccnc(-c2ccccc2O)c1. The van der Waals surface area contributed by atoms with E-state index < -0.39 is 0 Å². The number of aryl methyl sites for hydroxylation is 1. The van der Waals surface area contributed by atoms with Crippen LogP contribution in [-0.2, 0) is 0 Å². The van der Waals surface area contributed by atoms with Crippen LogP contribution in [0.4, 0.5) is 0 Å². The molecule has 2 nitrogen and oxygen atoms in total. The number of rotatable bonds is 1. The highest BCUT2D eigenvalue weighted by molar-refractivity contribution is 5.66. The second-order valence-corrected chi connectivity index (χ2v) is 3.24. The summed E-state index contributed by atoms with van der Waals surface area (Å²) in [7, 11) is 0. The van der Waals surface area contributed by atoms with Crippen LogP contribution in [0.5, 0.6) is 5.75 Å². The van der Waals surface area contributed by atoms with Crippen LogP contribution in [0, 0.1) is 6.92 Å². The van der Waals surface area contributed by atoms with E-state index in [0.717, 1.165) is 16.8 Å². The summed E-state index contributed by atoms with van der Waals surface area (Å²) < 4.78 is 0. The van der Waals surface area contributed by atoms with Crippen LogP contribution in [0.25, 0.3) is 11.3 Å². The lowest BCUT2D eigenvalue weighted by Crippen LogP contribution is -1.84. The molecule has 1 aromatic heterocycles. The Morgan fingerprint density at radius 1 is 1.14 bits per heavy atom. The molecule has 0 unspecified atom stereocenters. The van der Waals surface area contributed by atoms with Crippen molar-refractivity contribution in [2.45, 2.75) is 6.92 Å². The molecule has 70 valence electrons. The predicted molar refractivity (Wildman–Crippen MR) is 56.1 cm³/mol. The third kappa shape index (κ3) is 1.59. The molecule has 0 aliphatic heterocycles. The van der Waals surface area contributed by atoms with Crippen LogP contribution in [0.1, 0.15) is 5.56 Å². The third-order valence-corrected chi connectivity index (χ3v) is 2.10. The first kappa shape index (κ1) is 8.75. The van der Waals surface area contributed by atoms with Crippen molar-refractivity contribution >= 4 is 0 Å². The number of phenols is 1. The van der Waals surface area contributed by atoms with Crippen LogP contribution in [0.2, 0.25) is 0 Å². The number of phenolic OH excluding ortho intramolecular Hbond substituents is 1. The first-order valence-corrected chi connectivity index (χ1v) is 4.48. The van der Waals surface area contributed by atoms with Gasteiger partial charge >= 0.3 is 0 Å². The average molecular weight is 185 g/mol. The van der Waals surface area contributed by atoms with Gasteiger partial charge in [0, 0.05) is 11.8 Å². The van der Waals surface area contributed by atoms with Gasteiger partial charge in [0.15, 0.2) is 0 Å². The highest BCUT2D eigenvalue weighted by atomic mass is 16.3. The summed E-state index contributed by atoms with van der Waals surface area (Å²) in [6.07, 6.45) is 1.75.